The van der Waals surface area contributed by atoms with Gasteiger partial charge in [0.1, 0.15) is 11.3 Å². The molecule has 2 N–H and O–H groups in total. The molecule has 2 aliphatic rings. The van der Waals surface area contributed by atoms with Crippen LogP contribution in [0.2, 0.25) is 0 Å². The van der Waals surface area contributed by atoms with Crippen LogP contribution in [0.25, 0.3) is 16.0 Å². The van der Waals surface area contributed by atoms with Crippen molar-refractivity contribution in [2.75, 3.05) is 17.2 Å². The molecule has 0 aromatic heterocycles. The van der Waals surface area contributed by atoms with E-state index < -0.39 is 29.3 Å². The van der Waals surface area contributed by atoms with Crippen molar-refractivity contribution in [1.29, 1.82) is 0 Å². The summed E-state index contributed by atoms with van der Waals surface area (Å²) in [6.07, 6.45) is -0.274. The molecule has 5 rings (SSSR count). The fourth-order valence-electron chi connectivity index (χ4n) is 5.58. The van der Waals surface area contributed by atoms with Gasteiger partial charge in [-0.15, -0.1) is 0 Å². The summed E-state index contributed by atoms with van der Waals surface area (Å²) in [6, 6.07) is 24.8. The summed E-state index contributed by atoms with van der Waals surface area (Å²) in [6.45, 7) is 11.8. The van der Waals surface area contributed by atoms with Gasteiger partial charge in [-0.3, -0.25) is 24.1 Å². The van der Waals surface area contributed by atoms with Crippen molar-refractivity contribution in [2.24, 2.45) is 11.8 Å². The molecule has 0 aliphatic carbocycles. The quantitative estimate of drug-likeness (QED) is 0.351. The van der Waals surface area contributed by atoms with Gasteiger partial charge in [0.05, 0.1) is 6.42 Å². The number of rotatable bonds is 6. The fraction of sp³-hybridized carbons (Fsp3) is 0.290. The Kier molecular flexibility index (Phi) is 6.73. The number of carbonyl (C=O) groups is 3. The van der Waals surface area contributed by atoms with Crippen LogP contribution < -0.4 is 10.6 Å². The number of nitrogens with zero attached hydrogens (tertiary/aromatic N) is 2. The normalized spacial score (nSPS) is 20.6. The number of fused-ring (bicyclic) bond motifs is 2. The van der Waals surface area contributed by atoms with Crippen molar-refractivity contribution in [3.8, 4) is 11.1 Å². The molecule has 38 heavy (non-hydrogen) atoms. The number of amides is 3. The third-order valence-electron chi connectivity index (χ3n) is 7.45. The minimum absolute atomic E-state index is 0.0730. The number of anilines is 2. The number of carbonyl (C=O) groups excluding carboxylic acids is 3. The lowest BCUT2D eigenvalue weighted by atomic mass is 9.80. The number of likely N-dealkylation sites (tertiary alicyclic amines) is 1. The Labute approximate surface area is 222 Å². The van der Waals surface area contributed by atoms with E-state index in [1.54, 1.807) is 6.07 Å². The molecule has 0 bridgehead atoms. The highest BCUT2D eigenvalue weighted by Gasteiger charge is 2.59. The Hall–Kier alpha value is -4.44. The molecule has 7 nitrogen and oxygen atoms in total. The van der Waals surface area contributed by atoms with Crippen LogP contribution >= 0.6 is 0 Å². The first-order valence-electron chi connectivity index (χ1n) is 12.9. The maximum absolute atomic E-state index is 13.9. The zero-order valence-corrected chi connectivity index (χ0v) is 21.5. The Morgan fingerprint density at radius 2 is 1.76 bits per heavy atom. The Morgan fingerprint density at radius 3 is 2.50 bits per heavy atom. The summed E-state index contributed by atoms with van der Waals surface area (Å²) in [5.41, 5.74) is 3.11. The molecule has 0 radical (unpaired) electrons. The first-order chi connectivity index (χ1) is 18.3. The minimum atomic E-state index is -0.982. The molecule has 1 saturated heterocycles. The van der Waals surface area contributed by atoms with Gasteiger partial charge < -0.3 is 10.6 Å². The maximum atomic E-state index is 13.9. The topological polar surface area (TPSA) is 82.9 Å². The number of para-hydroxylation sites is 1. The van der Waals surface area contributed by atoms with Crippen LogP contribution in [0.4, 0.5) is 11.4 Å². The second-order valence-electron chi connectivity index (χ2n) is 10.5. The summed E-state index contributed by atoms with van der Waals surface area (Å²) in [5, 5.41) is 5.85. The maximum Gasteiger partial charge on any atom is 0.302 e. The lowest BCUT2D eigenvalue weighted by Crippen LogP contribution is -2.45. The van der Waals surface area contributed by atoms with Crippen molar-refractivity contribution in [3.05, 3.63) is 95.8 Å². The Bertz CT molecular complexity index is 1430. The second kappa shape index (κ2) is 10.1. The van der Waals surface area contributed by atoms with Crippen molar-refractivity contribution in [2.45, 2.75) is 38.3 Å². The van der Waals surface area contributed by atoms with Gasteiger partial charge in [-0.25, -0.2) is 6.57 Å². The lowest BCUT2D eigenvalue weighted by molar-refractivity contribution is -0.141. The third kappa shape index (κ3) is 4.54. The Morgan fingerprint density at radius 1 is 1.05 bits per heavy atom. The molecule has 2 heterocycles. The molecule has 3 aromatic carbocycles. The van der Waals surface area contributed by atoms with Crippen LogP contribution in [0.3, 0.4) is 0 Å². The van der Waals surface area contributed by atoms with Gasteiger partial charge >= 0.3 is 6.17 Å². The fourth-order valence-corrected chi connectivity index (χ4v) is 5.58. The molecule has 192 valence electrons. The summed E-state index contributed by atoms with van der Waals surface area (Å²) >= 11 is 0. The molecule has 3 amide bonds. The van der Waals surface area contributed by atoms with Gasteiger partial charge in [0.25, 0.3) is 0 Å². The highest BCUT2D eigenvalue weighted by molar-refractivity contribution is 6.09. The molecule has 2 aliphatic heterocycles. The third-order valence-corrected chi connectivity index (χ3v) is 7.45. The van der Waals surface area contributed by atoms with Crippen LogP contribution in [-0.2, 0) is 19.8 Å². The van der Waals surface area contributed by atoms with Crippen molar-refractivity contribution < 1.29 is 14.4 Å². The van der Waals surface area contributed by atoms with Crippen LogP contribution in [0.1, 0.15) is 32.3 Å². The molecule has 1 spiro atoms. The van der Waals surface area contributed by atoms with E-state index in [1.165, 1.54) is 4.90 Å². The average Bonchev–Trinajstić information content (AvgIpc) is 3.45. The standard InChI is InChI=1S/C31H30N4O3/c1-20(2)16-24(28(36)33-23-13-9-12-22(17-23)21-10-5-4-6-11-21)29(37)35-19-31(18-27(35)32-3)25-14-7-8-15-26(25)34-30(31)38/h4-15,17,20,24,27H,16,18-19H2,1-2H3,(H,33,36)(H,34,38)/t24?,27-,31-/m0/s1. The van der Waals surface area contributed by atoms with Crippen LogP contribution in [0.15, 0.2) is 78.9 Å². The molecule has 7 heteroatoms. The number of hydrogen-bond acceptors (Lipinski definition) is 3. The molecule has 3 aromatic rings. The monoisotopic (exact) mass is 506 g/mol. The van der Waals surface area contributed by atoms with Crippen molar-refractivity contribution in [1.82, 2.24) is 4.90 Å². The average molecular weight is 507 g/mol. The highest BCUT2D eigenvalue weighted by atomic mass is 16.2. The van der Waals surface area contributed by atoms with Gasteiger partial charge in [0.15, 0.2) is 0 Å². The largest absolute Gasteiger partial charge is 0.325 e. The number of benzene rings is 3. The summed E-state index contributed by atoms with van der Waals surface area (Å²) in [7, 11) is 0. The van der Waals surface area contributed by atoms with E-state index >= 15 is 0 Å². The highest BCUT2D eigenvalue weighted by Crippen LogP contribution is 2.47. The SMILES string of the molecule is [C-]#[N+][C@@H]1C[C@@]2(CN1C(=O)C(CC(C)C)C(=O)Nc1cccc(-c3ccccc3)c1)C(=O)Nc1ccccc12. The van der Waals surface area contributed by atoms with E-state index in [4.69, 9.17) is 6.57 Å². The molecule has 0 saturated carbocycles. The second-order valence-corrected chi connectivity index (χ2v) is 10.5. The predicted molar refractivity (Wildman–Crippen MR) is 147 cm³/mol. The van der Waals surface area contributed by atoms with E-state index in [1.807, 2.05) is 86.6 Å². The lowest BCUT2D eigenvalue weighted by Gasteiger charge is -2.25. The van der Waals surface area contributed by atoms with Crippen LogP contribution in [0.5, 0.6) is 0 Å². The van der Waals surface area contributed by atoms with Gasteiger partial charge in [-0.1, -0.05) is 74.5 Å². The smallest absolute Gasteiger partial charge is 0.302 e. The zero-order chi connectivity index (χ0) is 26.9. The molecule has 3 atom stereocenters. The van der Waals surface area contributed by atoms with E-state index in [0.717, 1.165) is 16.7 Å². The zero-order valence-electron chi connectivity index (χ0n) is 21.5. The van der Waals surface area contributed by atoms with Crippen LogP contribution in [-0.4, -0.2) is 35.3 Å². The summed E-state index contributed by atoms with van der Waals surface area (Å²) < 4.78 is 0. The van der Waals surface area contributed by atoms with Gasteiger partial charge in [-0.2, -0.15) is 0 Å². The van der Waals surface area contributed by atoms with Gasteiger partial charge in [-0.05, 0) is 47.2 Å². The first kappa shape index (κ1) is 25.2. The molecular weight excluding hydrogens is 476 g/mol. The summed E-state index contributed by atoms with van der Waals surface area (Å²) in [4.78, 5) is 45.7. The molecule has 1 fully saturated rings. The minimum Gasteiger partial charge on any atom is -0.325 e. The molecule has 1 unspecified atom stereocenters. The number of nitrogens with one attached hydrogen (secondary N) is 2. The predicted octanol–water partition coefficient (Wildman–Crippen LogP) is 5.32. The van der Waals surface area contributed by atoms with Crippen molar-refractivity contribution >= 4 is 29.1 Å². The van der Waals surface area contributed by atoms with Gasteiger partial charge in [0, 0.05) is 17.9 Å². The van der Waals surface area contributed by atoms with Gasteiger partial charge in [0.2, 0.25) is 17.7 Å². The number of hydrogen-bond donors (Lipinski definition) is 2. The van der Waals surface area contributed by atoms with E-state index in [9.17, 15) is 14.4 Å². The van der Waals surface area contributed by atoms with Crippen LogP contribution in [0, 0.1) is 18.4 Å². The van der Waals surface area contributed by atoms with Crippen molar-refractivity contribution in [3.63, 3.8) is 0 Å². The van der Waals surface area contributed by atoms with E-state index in [2.05, 4.69) is 15.5 Å². The first-order valence-corrected chi connectivity index (χ1v) is 12.9. The Balaban J connectivity index is 1.40. The summed E-state index contributed by atoms with van der Waals surface area (Å²) in [5.74, 6) is -1.93. The van der Waals surface area contributed by atoms with E-state index in [-0.39, 0.29) is 24.8 Å². The molecular formula is C31H30N4O3. The van der Waals surface area contributed by atoms with E-state index in [0.29, 0.717) is 17.8 Å².